The van der Waals surface area contributed by atoms with E-state index in [1.54, 1.807) is 6.20 Å². The van der Waals surface area contributed by atoms with Crippen LogP contribution in [-0.4, -0.2) is 19.9 Å². The molecule has 7 rings (SSSR count). The van der Waals surface area contributed by atoms with Crippen LogP contribution in [0.15, 0.2) is 150 Å². The molecule has 0 aliphatic heterocycles. The number of rotatable bonds is 5. The third-order valence-electron chi connectivity index (χ3n) is 6.74. The van der Waals surface area contributed by atoms with Crippen LogP contribution in [0.1, 0.15) is 0 Å². The molecule has 196 valence electrons. The fourth-order valence-corrected chi connectivity index (χ4v) is 4.86. The maximum absolute atomic E-state index is 5.12. The van der Waals surface area contributed by atoms with Gasteiger partial charge in [-0.3, -0.25) is 4.90 Å². The van der Waals surface area contributed by atoms with E-state index in [9.17, 15) is 0 Å². The molecule has 7 nitrogen and oxygen atoms in total. The first-order chi connectivity index (χ1) is 20.3. The number of pyridine rings is 4. The van der Waals surface area contributed by atoms with E-state index < -0.39 is 0 Å². The maximum Gasteiger partial charge on any atom is 0.164 e. The van der Waals surface area contributed by atoms with Crippen molar-refractivity contribution in [3.8, 4) is 0 Å². The minimum absolute atomic E-state index is 0.626. The van der Waals surface area contributed by atoms with Gasteiger partial charge in [-0.1, -0.05) is 78.9 Å². The smallest absolute Gasteiger partial charge is 0.164 e. The summed E-state index contributed by atoms with van der Waals surface area (Å²) in [6, 6.07) is 42.3. The van der Waals surface area contributed by atoms with Crippen LogP contribution in [0.2, 0.25) is 0 Å². The number of nitrogens with zero attached hydrogens (tertiary/aromatic N) is 5. The molecule has 4 aromatic heterocycles. The summed E-state index contributed by atoms with van der Waals surface area (Å²) in [7, 11) is 0. The molecule has 0 aliphatic rings. The lowest BCUT2D eigenvalue weighted by Crippen LogP contribution is -2.18. The monoisotopic (exact) mass is 531 g/mol. The van der Waals surface area contributed by atoms with Gasteiger partial charge in [0, 0.05) is 28.9 Å². The summed E-state index contributed by atoms with van der Waals surface area (Å²) in [5.74, 6) is 2.78. The van der Waals surface area contributed by atoms with Crippen LogP contribution in [0, 0.1) is 0 Å². The Balaban J connectivity index is 1.51. The summed E-state index contributed by atoms with van der Waals surface area (Å²) in [5.41, 5.74) is 2.38. The molecular formula is C34H25N7. The molecule has 7 aromatic rings. The Morgan fingerprint density at radius 2 is 1.37 bits per heavy atom. The maximum atomic E-state index is 5.12. The van der Waals surface area contributed by atoms with Crippen molar-refractivity contribution in [3.63, 3.8) is 0 Å². The Morgan fingerprint density at radius 1 is 0.634 bits per heavy atom. The van der Waals surface area contributed by atoms with Crippen molar-refractivity contribution in [3.05, 3.63) is 151 Å². The molecule has 0 atom stereocenters. The lowest BCUT2D eigenvalue weighted by Gasteiger charge is -2.25. The van der Waals surface area contributed by atoms with Gasteiger partial charge in [0.15, 0.2) is 11.6 Å². The molecule has 0 spiro atoms. The SMILES string of the molecule is c1ccc(N(c2cc3ccccc3c(N=c3cccc[nH]3)n2)c2cc3ccccc3/c(=N/c3ccccn3)[nH]2)cc1. The number of para-hydroxylation sites is 1. The number of benzene rings is 3. The Bertz CT molecular complexity index is 2100. The largest absolute Gasteiger partial charge is 0.347 e. The third-order valence-corrected chi connectivity index (χ3v) is 6.74. The summed E-state index contributed by atoms with van der Waals surface area (Å²) in [5, 5.41) is 4.04. The summed E-state index contributed by atoms with van der Waals surface area (Å²) in [6.07, 6.45) is 3.60. The highest BCUT2D eigenvalue weighted by Crippen LogP contribution is 2.36. The highest BCUT2D eigenvalue weighted by atomic mass is 15.3. The molecule has 0 aliphatic carbocycles. The molecular weight excluding hydrogens is 506 g/mol. The molecule has 0 saturated carbocycles. The van der Waals surface area contributed by atoms with E-state index in [4.69, 9.17) is 15.0 Å². The Labute approximate surface area is 235 Å². The van der Waals surface area contributed by atoms with E-state index in [2.05, 4.69) is 62.3 Å². The standard InChI is InChI=1S/C34H25N7/c1-2-14-26(15-3-1)41(31-22-24-12-4-6-16-27(24)33(39-31)37-29-18-8-10-20-35-29)32-23-25-13-5-7-17-28(25)34(40-32)38-30-19-9-11-21-36-30/h1-23H,(H,35,37,39)(H,36,38,40). The Morgan fingerprint density at radius 3 is 2.15 bits per heavy atom. The molecule has 0 fully saturated rings. The zero-order chi connectivity index (χ0) is 27.4. The van der Waals surface area contributed by atoms with Gasteiger partial charge in [-0.15, -0.1) is 0 Å². The summed E-state index contributed by atoms with van der Waals surface area (Å²) in [4.78, 5) is 28.2. The lowest BCUT2D eigenvalue weighted by atomic mass is 10.1. The van der Waals surface area contributed by atoms with E-state index in [1.165, 1.54) is 0 Å². The lowest BCUT2D eigenvalue weighted by molar-refractivity contribution is 1.07. The second-order valence-electron chi connectivity index (χ2n) is 9.45. The zero-order valence-corrected chi connectivity index (χ0v) is 22.0. The van der Waals surface area contributed by atoms with Crippen LogP contribution in [-0.2, 0) is 0 Å². The highest BCUT2D eigenvalue weighted by Gasteiger charge is 2.18. The molecule has 0 bridgehead atoms. The predicted octanol–water partition coefficient (Wildman–Crippen LogP) is 7.37. The van der Waals surface area contributed by atoms with Gasteiger partial charge in [-0.2, -0.15) is 0 Å². The molecule has 0 radical (unpaired) electrons. The van der Waals surface area contributed by atoms with Crippen LogP contribution in [0.3, 0.4) is 0 Å². The van der Waals surface area contributed by atoms with Crippen molar-refractivity contribution < 1.29 is 0 Å². The van der Waals surface area contributed by atoms with Crippen LogP contribution in [0.25, 0.3) is 21.5 Å². The number of aromatic amines is 2. The van der Waals surface area contributed by atoms with Crippen LogP contribution in [0.4, 0.5) is 29.0 Å². The van der Waals surface area contributed by atoms with Crippen LogP contribution in [0.5, 0.6) is 0 Å². The van der Waals surface area contributed by atoms with Gasteiger partial charge in [-0.25, -0.2) is 20.0 Å². The van der Waals surface area contributed by atoms with E-state index in [0.29, 0.717) is 17.1 Å². The predicted molar refractivity (Wildman–Crippen MR) is 164 cm³/mol. The van der Waals surface area contributed by atoms with E-state index >= 15 is 0 Å². The first-order valence-electron chi connectivity index (χ1n) is 13.3. The topological polar surface area (TPSA) is 85.3 Å². The molecule has 41 heavy (non-hydrogen) atoms. The van der Waals surface area contributed by atoms with Crippen LogP contribution < -0.4 is 15.9 Å². The number of fused-ring (bicyclic) bond motifs is 2. The first kappa shape index (κ1) is 24.2. The molecule has 3 aromatic carbocycles. The molecule has 0 amide bonds. The second kappa shape index (κ2) is 10.7. The van der Waals surface area contributed by atoms with Gasteiger partial charge >= 0.3 is 0 Å². The quantitative estimate of drug-likeness (QED) is 0.243. The van der Waals surface area contributed by atoms with Gasteiger partial charge in [0.2, 0.25) is 0 Å². The Kier molecular flexibility index (Phi) is 6.35. The number of H-pyrrole nitrogens is 2. The molecule has 0 unspecified atom stereocenters. The molecule has 7 heteroatoms. The van der Waals surface area contributed by atoms with Gasteiger partial charge in [0.1, 0.15) is 22.6 Å². The van der Waals surface area contributed by atoms with Crippen molar-refractivity contribution in [1.29, 1.82) is 0 Å². The summed E-state index contributed by atoms with van der Waals surface area (Å²) in [6.45, 7) is 0. The molecule has 4 heterocycles. The number of aromatic nitrogens is 4. The van der Waals surface area contributed by atoms with Gasteiger partial charge in [0.25, 0.3) is 0 Å². The van der Waals surface area contributed by atoms with Crippen molar-refractivity contribution in [2.24, 2.45) is 9.98 Å². The van der Waals surface area contributed by atoms with Crippen molar-refractivity contribution >= 4 is 50.5 Å². The minimum Gasteiger partial charge on any atom is -0.347 e. The minimum atomic E-state index is 0.626. The number of nitrogens with one attached hydrogen (secondary N) is 2. The van der Waals surface area contributed by atoms with Crippen molar-refractivity contribution in [1.82, 2.24) is 19.9 Å². The molecule has 2 N–H and O–H groups in total. The fraction of sp³-hybridized carbons (Fsp3) is 0. The normalized spacial score (nSPS) is 12.2. The van der Waals surface area contributed by atoms with E-state index in [-0.39, 0.29) is 0 Å². The number of anilines is 3. The second-order valence-corrected chi connectivity index (χ2v) is 9.45. The third kappa shape index (κ3) is 4.99. The zero-order valence-electron chi connectivity index (χ0n) is 22.0. The van der Waals surface area contributed by atoms with E-state index in [1.807, 2.05) is 91.1 Å². The molecule has 0 saturated heterocycles. The number of hydrogen-bond acceptors (Lipinski definition) is 5. The van der Waals surface area contributed by atoms with Crippen LogP contribution >= 0.6 is 0 Å². The van der Waals surface area contributed by atoms with Gasteiger partial charge < -0.3 is 9.97 Å². The summed E-state index contributed by atoms with van der Waals surface area (Å²) < 4.78 is 0. The average molecular weight is 532 g/mol. The first-order valence-corrected chi connectivity index (χ1v) is 13.3. The van der Waals surface area contributed by atoms with Gasteiger partial charge in [0.05, 0.1) is 0 Å². The van der Waals surface area contributed by atoms with Crippen molar-refractivity contribution in [2.75, 3.05) is 4.90 Å². The van der Waals surface area contributed by atoms with E-state index in [0.717, 1.165) is 44.4 Å². The average Bonchev–Trinajstić information content (AvgIpc) is 3.03. The summed E-state index contributed by atoms with van der Waals surface area (Å²) >= 11 is 0. The fourth-order valence-electron chi connectivity index (χ4n) is 4.86. The van der Waals surface area contributed by atoms with Crippen molar-refractivity contribution in [2.45, 2.75) is 0 Å². The number of hydrogen-bond donors (Lipinski definition) is 2. The highest BCUT2D eigenvalue weighted by molar-refractivity contribution is 5.94. The Hall–Kier alpha value is -5.82. The van der Waals surface area contributed by atoms with Gasteiger partial charge in [-0.05, 0) is 59.3 Å².